The average Bonchev–Trinajstić information content (AvgIpc) is 3.16. The summed E-state index contributed by atoms with van der Waals surface area (Å²) in [7, 11) is -4.19. The molecule has 0 aromatic heterocycles. The molecule has 6 atom stereocenters. The zero-order chi connectivity index (χ0) is 28.1. The third-order valence-corrected chi connectivity index (χ3v) is 11.3. The quantitative estimate of drug-likeness (QED) is 0.0704. The number of aliphatic hydroxyl groups is 1. The Bertz CT molecular complexity index is 923. The van der Waals surface area contributed by atoms with Crippen LogP contribution in [0.4, 0.5) is 0 Å². The SMILES string of the molecule is CC(=N)NCCCC[C@H](NS(=O)(=O)N[C@@H](CC1CCCCC1)C(O)N[C@H]1C[C@H]2CC[C@]1(C)C2(C)C)C(=O)O. The van der Waals surface area contributed by atoms with Crippen LogP contribution in [0.1, 0.15) is 105 Å². The van der Waals surface area contributed by atoms with Crippen molar-refractivity contribution in [3.8, 4) is 0 Å². The lowest BCUT2D eigenvalue weighted by Gasteiger charge is -2.41. The van der Waals surface area contributed by atoms with Gasteiger partial charge >= 0.3 is 5.97 Å². The van der Waals surface area contributed by atoms with E-state index in [1.807, 2.05) is 0 Å². The molecule has 3 fully saturated rings. The average molecular weight is 558 g/mol. The number of hydrogen-bond acceptors (Lipinski definition) is 6. The molecule has 0 radical (unpaired) electrons. The summed E-state index contributed by atoms with van der Waals surface area (Å²) in [6.07, 6.45) is 9.36. The molecule has 3 aliphatic carbocycles. The Balaban J connectivity index is 1.65. The highest BCUT2D eigenvalue weighted by Gasteiger charge is 2.61. The molecular formula is C27H51N5O5S. The summed E-state index contributed by atoms with van der Waals surface area (Å²) in [5.74, 6) is 0.0110. The van der Waals surface area contributed by atoms with E-state index in [1.165, 1.54) is 12.8 Å². The number of aliphatic carboxylic acids is 1. The Kier molecular flexibility index (Phi) is 10.6. The summed E-state index contributed by atoms with van der Waals surface area (Å²) in [6, 6.07) is -1.92. The first kappa shape index (κ1) is 31.3. The lowest BCUT2D eigenvalue weighted by molar-refractivity contribution is -0.139. The number of rotatable bonds is 15. The van der Waals surface area contributed by atoms with Crippen LogP contribution in [0.2, 0.25) is 0 Å². The molecule has 0 saturated heterocycles. The summed E-state index contributed by atoms with van der Waals surface area (Å²) in [6.45, 7) is 9.05. The summed E-state index contributed by atoms with van der Waals surface area (Å²) >= 11 is 0. The number of aliphatic hydroxyl groups excluding tert-OH is 1. The van der Waals surface area contributed by atoms with E-state index in [4.69, 9.17) is 5.41 Å². The maximum Gasteiger partial charge on any atom is 0.321 e. The second-order valence-corrected chi connectivity index (χ2v) is 14.3. The molecule has 0 aromatic rings. The van der Waals surface area contributed by atoms with E-state index < -0.39 is 34.5 Å². The standard InChI is InChI=1S/C27H51N5O5S/c1-18(28)29-15-9-8-12-21(25(34)35)31-38(36,37)32-22(16-19-10-6-5-7-11-19)24(33)30-23-17-20-13-14-27(23,4)26(20,2)3/h19-24,30-33H,5-17H2,1-4H3,(H2,28,29)(H,34,35)/t20-,21+,22+,23+,24?,27+/m1/s1. The molecule has 0 aliphatic heterocycles. The van der Waals surface area contributed by atoms with Crippen molar-refractivity contribution in [3.05, 3.63) is 0 Å². The monoisotopic (exact) mass is 557 g/mol. The van der Waals surface area contributed by atoms with Crippen molar-refractivity contribution >= 4 is 22.0 Å². The summed E-state index contributed by atoms with van der Waals surface area (Å²) in [5, 5.41) is 34.7. The van der Waals surface area contributed by atoms with Crippen LogP contribution in [0, 0.1) is 28.1 Å². The van der Waals surface area contributed by atoms with E-state index in [0.29, 0.717) is 43.5 Å². The fourth-order valence-electron chi connectivity index (χ4n) is 7.20. The Morgan fingerprint density at radius 1 is 1.08 bits per heavy atom. The molecule has 3 rings (SSSR count). The predicted octanol–water partition coefficient (Wildman–Crippen LogP) is 3.08. The van der Waals surface area contributed by atoms with Crippen LogP contribution in [0.15, 0.2) is 0 Å². The first-order valence-electron chi connectivity index (χ1n) is 14.5. The van der Waals surface area contributed by atoms with E-state index in [2.05, 4.69) is 40.8 Å². The predicted molar refractivity (Wildman–Crippen MR) is 149 cm³/mol. The van der Waals surface area contributed by atoms with Crippen LogP contribution in [-0.2, 0) is 15.0 Å². The molecule has 0 amide bonds. The number of nitrogens with one attached hydrogen (secondary N) is 5. The molecule has 1 unspecified atom stereocenters. The largest absolute Gasteiger partial charge is 0.480 e. The van der Waals surface area contributed by atoms with Gasteiger partial charge in [0.2, 0.25) is 0 Å². The zero-order valence-corrected chi connectivity index (χ0v) is 24.5. The van der Waals surface area contributed by atoms with Gasteiger partial charge in [-0.3, -0.25) is 15.5 Å². The Hall–Kier alpha value is -1.27. The van der Waals surface area contributed by atoms with Gasteiger partial charge in [-0.15, -0.1) is 0 Å². The number of carbonyl (C=O) groups is 1. The second-order valence-electron chi connectivity index (χ2n) is 12.8. The third-order valence-electron chi connectivity index (χ3n) is 10.1. The molecule has 220 valence electrons. The number of hydrogen-bond donors (Lipinski definition) is 7. The molecular weight excluding hydrogens is 506 g/mol. The van der Waals surface area contributed by atoms with Crippen molar-refractivity contribution in [3.63, 3.8) is 0 Å². The third kappa shape index (κ3) is 7.68. The molecule has 0 aromatic carbocycles. The van der Waals surface area contributed by atoms with Crippen molar-refractivity contribution in [2.24, 2.45) is 22.7 Å². The van der Waals surface area contributed by atoms with Gasteiger partial charge in [0.05, 0.1) is 11.9 Å². The van der Waals surface area contributed by atoms with Gasteiger partial charge in [-0.1, -0.05) is 52.9 Å². The lowest BCUT2D eigenvalue weighted by Crippen LogP contribution is -2.59. The minimum Gasteiger partial charge on any atom is -0.480 e. The highest BCUT2D eigenvalue weighted by molar-refractivity contribution is 7.87. The minimum atomic E-state index is -4.19. The number of carboxylic acid groups (broad SMARTS) is 1. The molecule has 2 bridgehead atoms. The van der Waals surface area contributed by atoms with E-state index in [-0.39, 0.29) is 23.3 Å². The van der Waals surface area contributed by atoms with Crippen LogP contribution in [-0.4, -0.2) is 61.3 Å². The van der Waals surface area contributed by atoms with Gasteiger partial charge in [-0.25, -0.2) is 0 Å². The van der Waals surface area contributed by atoms with E-state index in [1.54, 1.807) is 6.92 Å². The highest BCUT2D eigenvalue weighted by Crippen LogP contribution is 2.65. The molecule has 38 heavy (non-hydrogen) atoms. The molecule has 11 heteroatoms. The first-order chi connectivity index (χ1) is 17.7. The lowest BCUT2D eigenvalue weighted by atomic mass is 9.69. The van der Waals surface area contributed by atoms with E-state index >= 15 is 0 Å². The second kappa shape index (κ2) is 12.9. The molecule has 0 heterocycles. The summed E-state index contributed by atoms with van der Waals surface area (Å²) in [4.78, 5) is 11.8. The van der Waals surface area contributed by atoms with Crippen LogP contribution in [0.3, 0.4) is 0 Å². The van der Waals surface area contributed by atoms with Crippen LogP contribution >= 0.6 is 0 Å². The van der Waals surface area contributed by atoms with Crippen LogP contribution < -0.4 is 20.1 Å². The van der Waals surface area contributed by atoms with Crippen LogP contribution in [0.5, 0.6) is 0 Å². The van der Waals surface area contributed by atoms with Gasteiger partial charge in [-0.05, 0) is 74.5 Å². The summed E-state index contributed by atoms with van der Waals surface area (Å²) in [5.41, 5.74) is 0.191. The first-order valence-corrected chi connectivity index (χ1v) is 16.0. The van der Waals surface area contributed by atoms with Gasteiger partial charge < -0.3 is 15.5 Å². The smallest absolute Gasteiger partial charge is 0.321 e. The fraction of sp³-hybridized carbons (Fsp3) is 0.926. The van der Waals surface area contributed by atoms with Crippen molar-refractivity contribution < 1.29 is 23.4 Å². The van der Waals surface area contributed by atoms with Gasteiger partial charge in [0.1, 0.15) is 12.3 Å². The number of fused-ring (bicyclic) bond motifs is 2. The van der Waals surface area contributed by atoms with Gasteiger partial charge in [-0.2, -0.15) is 17.9 Å². The molecule has 10 nitrogen and oxygen atoms in total. The van der Waals surface area contributed by atoms with Crippen molar-refractivity contribution in [1.29, 1.82) is 5.41 Å². The molecule has 3 saturated carbocycles. The summed E-state index contributed by atoms with van der Waals surface area (Å²) < 4.78 is 31.2. The molecule has 7 N–H and O–H groups in total. The van der Waals surface area contributed by atoms with E-state index in [0.717, 1.165) is 38.5 Å². The van der Waals surface area contributed by atoms with Crippen molar-refractivity contribution in [2.75, 3.05) is 6.54 Å². The van der Waals surface area contributed by atoms with Gasteiger partial charge in [0.15, 0.2) is 0 Å². The Labute approximate surface area is 229 Å². The zero-order valence-electron chi connectivity index (χ0n) is 23.7. The normalized spacial score (nSPS) is 29.6. The van der Waals surface area contributed by atoms with Crippen molar-refractivity contribution in [1.82, 2.24) is 20.1 Å². The molecule has 0 spiro atoms. The maximum absolute atomic E-state index is 13.1. The number of amidine groups is 1. The topological polar surface area (TPSA) is 164 Å². The fourth-order valence-corrected chi connectivity index (χ4v) is 8.49. The van der Waals surface area contributed by atoms with Gasteiger partial charge in [0, 0.05) is 12.6 Å². The van der Waals surface area contributed by atoms with Crippen molar-refractivity contribution in [2.45, 2.75) is 129 Å². The van der Waals surface area contributed by atoms with Crippen LogP contribution in [0.25, 0.3) is 0 Å². The van der Waals surface area contributed by atoms with Gasteiger partial charge in [0.25, 0.3) is 10.2 Å². The number of carboxylic acids is 1. The number of unbranched alkanes of at least 4 members (excludes halogenated alkanes) is 1. The molecule has 3 aliphatic rings. The maximum atomic E-state index is 13.1. The highest BCUT2D eigenvalue weighted by atomic mass is 32.2. The minimum absolute atomic E-state index is 0.0324. The van der Waals surface area contributed by atoms with E-state index in [9.17, 15) is 23.4 Å². The Morgan fingerprint density at radius 3 is 2.32 bits per heavy atom. The Morgan fingerprint density at radius 2 is 1.76 bits per heavy atom.